The van der Waals surface area contributed by atoms with Crippen LogP contribution in [-0.4, -0.2) is 12.2 Å². The van der Waals surface area contributed by atoms with Gasteiger partial charge in [-0.2, -0.15) is 0 Å². The molecule has 3 rings (SSSR count). The van der Waals surface area contributed by atoms with E-state index in [-0.39, 0.29) is 17.8 Å². The van der Waals surface area contributed by atoms with Gasteiger partial charge in [0.05, 0.1) is 13.7 Å². The lowest BCUT2D eigenvalue weighted by Gasteiger charge is -2.40. The molecule has 1 fully saturated rings. The Balaban J connectivity index is 2.17. The highest BCUT2D eigenvalue weighted by molar-refractivity contribution is 5.71. The summed E-state index contributed by atoms with van der Waals surface area (Å²) in [5, 5.41) is 9.59. The maximum atomic E-state index is 14.6. The standard InChI is InChI=1S/C22H27FO2/c1-22(2)11-5-4-6-20(22)18-12-15(14-24)7-9-17(18)19-13-16(25-3)8-10-21(19)23/h7-10,12-13,20,24H,4-6,11,14H2,1-3H3/t20-/m0/s1. The fourth-order valence-electron chi connectivity index (χ4n) is 4.15. The number of benzene rings is 2. The van der Waals surface area contributed by atoms with Crippen molar-refractivity contribution >= 4 is 0 Å². The molecule has 1 aliphatic carbocycles. The van der Waals surface area contributed by atoms with Crippen molar-refractivity contribution in [2.45, 2.75) is 52.1 Å². The number of hydrogen-bond donors (Lipinski definition) is 1. The molecule has 134 valence electrons. The normalized spacial score (nSPS) is 19.6. The van der Waals surface area contributed by atoms with Crippen LogP contribution < -0.4 is 4.74 Å². The largest absolute Gasteiger partial charge is 0.497 e. The van der Waals surface area contributed by atoms with Gasteiger partial charge in [-0.15, -0.1) is 0 Å². The molecule has 2 aromatic rings. The van der Waals surface area contributed by atoms with E-state index in [2.05, 4.69) is 19.9 Å². The van der Waals surface area contributed by atoms with Gasteiger partial charge < -0.3 is 9.84 Å². The van der Waals surface area contributed by atoms with Crippen LogP contribution >= 0.6 is 0 Å². The van der Waals surface area contributed by atoms with Gasteiger partial charge in [-0.25, -0.2) is 4.39 Å². The minimum atomic E-state index is -0.243. The van der Waals surface area contributed by atoms with Crippen molar-refractivity contribution in [1.82, 2.24) is 0 Å². The average Bonchev–Trinajstić information content (AvgIpc) is 2.61. The van der Waals surface area contributed by atoms with Crippen LogP contribution in [0.1, 0.15) is 56.6 Å². The first-order valence-electron chi connectivity index (χ1n) is 9.04. The van der Waals surface area contributed by atoms with Crippen LogP contribution in [-0.2, 0) is 6.61 Å². The minimum absolute atomic E-state index is 0.00101. The Labute approximate surface area is 149 Å². The quantitative estimate of drug-likeness (QED) is 0.775. The van der Waals surface area contributed by atoms with Crippen molar-refractivity contribution in [3.05, 3.63) is 53.3 Å². The molecule has 0 saturated heterocycles. The van der Waals surface area contributed by atoms with Gasteiger partial charge in [0.1, 0.15) is 11.6 Å². The molecule has 25 heavy (non-hydrogen) atoms. The summed E-state index contributed by atoms with van der Waals surface area (Å²) in [6.07, 6.45) is 4.70. The predicted molar refractivity (Wildman–Crippen MR) is 99.3 cm³/mol. The second kappa shape index (κ2) is 7.17. The first kappa shape index (κ1) is 17.9. The summed E-state index contributed by atoms with van der Waals surface area (Å²) in [6.45, 7) is 4.60. The second-order valence-corrected chi connectivity index (χ2v) is 7.71. The number of aliphatic hydroxyl groups excluding tert-OH is 1. The lowest BCUT2D eigenvalue weighted by molar-refractivity contribution is 0.199. The van der Waals surface area contributed by atoms with E-state index in [1.807, 2.05) is 12.1 Å². The number of ether oxygens (including phenoxy) is 1. The average molecular weight is 342 g/mol. The van der Waals surface area contributed by atoms with Crippen molar-refractivity contribution in [1.29, 1.82) is 0 Å². The molecule has 0 aromatic heterocycles. The van der Waals surface area contributed by atoms with E-state index in [9.17, 15) is 9.50 Å². The Morgan fingerprint density at radius 3 is 2.60 bits per heavy atom. The Morgan fingerprint density at radius 2 is 1.92 bits per heavy atom. The third-order valence-corrected chi connectivity index (χ3v) is 5.64. The zero-order valence-corrected chi connectivity index (χ0v) is 15.3. The molecule has 1 N–H and O–H groups in total. The maximum absolute atomic E-state index is 14.6. The predicted octanol–water partition coefficient (Wildman–Crippen LogP) is 5.68. The van der Waals surface area contributed by atoms with Gasteiger partial charge in [0, 0.05) is 5.56 Å². The fourth-order valence-corrected chi connectivity index (χ4v) is 4.15. The molecule has 1 saturated carbocycles. The van der Waals surface area contributed by atoms with E-state index in [0.717, 1.165) is 23.1 Å². The molecule has 0 heterocycles. The van der Waals surface area contributed by atoms with Gasteiger partial charge in [0.25, 0.3) is 0 Å². The molecular formula is C22H27FO2. The highest BCUT2D eigenvalue weighted by Crippen LogP contribution is 2.49. The zero-order chi connectivity index (χ0) is 18.0. The molecule has 0 amide bonds. The van der Waals surface area contributed by atoms with Crippen molar-refractivity contribution in [3.63, 3.8) is 0 Å². The lowest BCUT2D eigenvalue weighted by atomic mass is 9.65. The van der Waals surface area contributed by atoms with Gasteiger partial charge in [-0.3, -0.25) is 0 Å². The Hall–Kier alpha value is -1.87. The van der Waals surface area contributed by atoms with Gasteiger partial charge in [-0.1, -0.05) is 44.9 Å². The van der Waals surface area contributed by atoms with Crippen molar-refractivity contribution in [2.24, 2.45) is 5.41 Å². The summed E-state index contributed by atoms with van der Waals surface area (Å²) < 4.78 is 19.9. The van der Waals surface area contributed by atoms with Gasteiger partial charge >= 0.3 is 0 Å². The molecule has 0 spiro atoms. The molecule has 3 heteroatoms. The van der Waals surface area contributed by atoms with Crippen molar-refractivity contribution in [3.8, 4) is 16.9 Å². The van der Waals surface area contributed by atoms with Gasteiger partial charge in [0.2, 0.25) is 0 Å². The number of hydrogen-bond acceptors (Lipinski definition) is 2. The monoisotopic (exact) mass is 342 g/mol. The van der Waals surface area contributed by atoms with Crippen LogP contribution in [0.15, 0.2) is 36.4 Å². The molecule has 1 atom stereocenters. The summed E-state index contributed by atoms with van der Waals surface area (Å²) in [5.74, 6) is 0.761. The maximum Gasteiger partial charge on any atom is 0.131 e. The van der Waals surface area contributed by atoms with Crippen LogP contribution in [0.3, 0.4) is 0 Å². The van der Waals surface area contributed by atoms with E-state index in [4.69, 9.17) is 4.74 Å². The minimum Gasteiger partial charge on any atom is -0.497 e. The third-order valence-electron chi connectivity index (χ3n) is 5.64. The van der Waals surface area contributed by atoms with Gasteiger partial charge in [0.15, 0.2) is 0 Å². The highest BCUT2D eigenvalue weighted by Gasteiger charge is 2.35. The highest BCUT2D eigenvalue weighted by atomic mass is 19.1. The van der Waals surface area contributed by atoms with E-state index in [1.54, 1.807) is 19.2 Å². The summed E-state index contributed by atoms with van der Waals surface area (Å²) in [6, 6.07) is 10.8. The van der Waals surface area contributed by atoms with E-state index < -0.39 is 0 Å². The van der Waals surface area contributed by atoms with Crippen LogP contribution in [0, 0.1) is 11.2 Å². The van der Waals surface area contributed by atoms with Gasteiger partial charge in [-0.05, 0) is 59.1 Å². The molecule has 1 aliphatic rings. The lowest BCUT2D eigenvalue weighted by Crippen LogP contribution is -2.26. The van der Waals surface area contributed by atoms with Crippen molar-refractivity contribution < 1.29 is 14.2 Å². The molecular weight excluding hydrogens is 315 g/mol. The van der Waals surface area contributed by atoms with Crippen LogP contribution in [0.4, 0.5) is 4.39 Å². The SMILES string of the molecule is COc1ccc(F)c(-c2ccc(CO)cc2[C@@H]2CCCCC2(C)C)c1. The number of methoxy groups -OCH3 is 1. The first-order chi connectivity index (χ1) is 12.0. The topological polar surface area (TPSA) is 29.5 Å². The number of aliphatic hydroxyl groups is 1. The molecule has 0 aliphatic heterocycles. The number of rotatable bonds is 4. The second-order valence-electron chi connectivity index (χ2n) is 7.71. The summed E-state index contributed by atoms with van der Waals surface area (Å²) >= 11 is 0. The molecule has 2 nitrogen and oxygen atoms in total. The van der Waals surface area contributed by atoms with Crippen LogP contribution in [0.5, 0.6) is 5.75 Å². The molecule has 0 radical (unpaired) electrons. The Bertz CT molecular complexity index is 752. The van der Waals surface area contributed by atoms with Crippen molar-refractivity contribution in [2.75, 3.05) is 7.11 Å². The Morgan fingerprint density at radius 1 is 1.12 bits per heavy atom. The summed E-state index contributed by atoms with van der Waals surface area (Å²) in [7, 11) is 1.59. The Kier molecular flexibility index (Phi) is 5.14. The fraction of sp³-hybridized carbons (Fsp3) is 0.455. The molecule has 0 unspecified atom stereocenters. The smallest absolute Gasteiger partial charge is 0.131 e. The summed E-state index contributed by atoms with van der Waals surface area (Å²) in [5.41, 5.74) is 3.66. The first-order valence-corrected chi connectivity index (χ1v) is 9.04. The van der Waals surface area contributed by atoms with E-state index in [1.165, 1.54) is 25.3 Å². The molecule has 2 aromatic carbocycles. The van der Waals surface area contributed by atoms with E-state index >= 15 is 0 Å². The number of halogens is 1. The van der Waals surface area contributed by atoms with Crippen LogP contribution in [0.25, 0.3) is 11.1 Å². The third kappa shape index (κ3) is 3.57. The van der Waals surface area contributed by atoms with Crippen LogP contribution in [0.2, 0.25) is 0 Å². The zero-order valence-electron chi connectivity index (χ0n) is 15.3. The van der Waals surface area contributed by atoms with E-state index in [0.29, 0.717) is 17.2 Å². The summed E-state index contributed by atoms with van der Waals surface area (Å²) in [4.78, 5) is 0. The molecule has 0 bridgehead atoms.